The number of nitrogens with one attached hydrogen (secondary N) is 1. The topological polar surface area (TPSA) is 118 Å². The number of fused-ring (bicyclic) bond motifs is 1. The molecule has 3 aliphatic rings. The number of pyridine rings is 1. The molecule has 0 aliphatic carbocycles. The van der Waals surface area contributed by atoms with Crippen molar-refractivity contribution in [1.29, 1.82) is 5.26 Å². The van der Waals surface area contributed by atoms with Gasteiger partial charge in [0.1, 0.15) is 17.5 Å². The van der Waals surface area contributed by atoms with Crippen molar-refractivity contribution in [3.05, 3.63) is 46.0 Å². The van der Waals surface area contributed by atoms with Gasteiger partial charge in [0.2, 0.25) is 5.91 Å². The molecule has 1 N–H and O–H groups in total. The zero-order valence-electron chi connectivity index (χ0n) is 20.7. The number of nitrogens with zero attached hydrogens (tertiary/aromatic N) is 6. The van der Waals surface area contributed by atoms with Gasteiger partial charge in [-0.15, -0.1) is 0 Å². The predicted octanol–water partition coefficient (Wildman–Crippen LogP) is 2.03. The van der Waals surface area contributed by atoms with Crippen LogP contribution in [0, 0.1) is 23.2 Å². The van der Waals surface area contributed by atoms with Gasteiger partial charge >= 0.3 is 6.18 Å². The lowest BCUT2D eigenvalue weighted by molar-refractivity contribution is -0.138. The minimum atomic E-state index is -4.80. The second-order valence-corrected chi connectivity index (χ2v) is 10.0. The van der Waals surface area contributed by atoms with Gasteiger partial charge in [-0.2, -0.15) is 23.5 Å². The maximum Gasteiger partial charge on any atom is 0.423 e. The molecule has 0 radical (unpaired) electrons. The molecule has 2 aromatic rings. The van der Waals surface area contributed by atoms with Crippen molar-refractivity contribution in [2.24, 2.45) is 11.8 Å². The van der Waals surface area contributed by atoms with Crippen molar-refractivity contribution in [3.8, 4) is 6.07 Å². The number of hydrogen-bond acceptors (Lipinski definition) is 8. The Balaban J connectivity index is 1.08. The third-order valence-electron chi connectivity index (χ3n) is 7.62. The summed E-state index contributed by atoms with van der Waals surface area (Å²) in [6.07, 6.45) is -0.700. The number of hydrogen-bond donors (Lipinski definition) is 1. The largest absolute Gasteiger partial charge is 0.423 e. The van der Waals surface area contributed by atoms with Crippen molar-refractivity contribution in [2.75, 3.05) is 55.7 Å². The van der Waals surface area contributed by atoms with E-state index in [1.54, 1.807) is 12.3 Å². The Kier molecular flexibility index (Phi) is 7.25. The van der Waals surface area contributed by atoms with E-state index in [4.69, 9.17) is 10.00 Å². The Hall–Kier alpha value is -3.66. The van der Waals surface area contributed by atoms with Gasteiger partial charge in [-0.1, -0.05) is 0 Å². The maximum absolute atomic E-state index is 13.5. The van der Waals surface area contributed by atoms with Crippen LogP contribution in [0.4, 0.5) is 24.7 Å². The minimum absolute atomic E-state index is 0.00359. The Labute approximate surface area is 217 Å². The number of alkyl halides is 3. The van der Waals surface area contributed by atoms with Crippen LogP contribution in [0.1, 0.15) is 30.4 Å². The van der Waals surface area contributed by atoms with Crippen molar-refractivity contribution in [1.82, 2.24) is 20.1 Å². The van der Waals surface area contributed by atoms with E-state index in [1.807, 2.05) is 16.1 Å². The molecule has 2 aromatic heterocycles. The molecule has 0 unspecified atom stereocenters. The van der Waals surface area contributed by atoms with Crippen LogP contribution in [0.25, 0.3) is 0 Å². The lowest BCUT2D eigenvalue weighted by Crippen LogP contribution is -2.37. The first-order chi connectivity index (χ1) is 18.2. The van der Waals surface area contributed by atoms with Gasteiger partial charge in [-0.05, 0) is 25.0 Å². The normalized spacial score (nSPS) is 23.1. The van der Waals surface area contributed by atoms with Gasteiger partial charge in [-0.3, -0.25) is 9.59 Å². The third-order valence-corrected chi connectivity index (χ3v) is 7.62. The van der Waals surface area contributed by atoms with Crippen LogP contribution in [0.3, 0.4) is 0 Å². The number of H-pyrrole nitrogens is 1. The van der Waals surface area contributed by atoms with Gasteiger partial charge in [0.25, 0.3) is 5.56 Å². The SMILES string of the molecule is N#Cc1ccc(N2C[C@H]3CN(C(=O)CCOC[C@@H]4CCCN4c4cn[nH]c(=O)c4C(F)(F)F)C[C@@H]3C2)nc1. The highest BCUT2D eigenvalue weighted by atomic mass is 19.4. The highest BCUT2D eigenvalue weighted by Gasteiger charge is 2.42. The Bertz CT molecular complexity index is 1250. The van der Waals surface area contributed by atoms with E-state index < -0.39 is 17.3 Å². The second-order valence-electron chi connectivity index (χ2n) is 10.0. The molecule has 3 saturated heterocycles. The summed E-state index contributed by atoms with van der Waals surface area (Å²) in [5, 5.41) is 14.4. The Morgan fingerprint density at radius 1 is 1.18 bits per heavy atom. The van der Waals surface area contributed by atoms with Crippen LogP contribution in [0.5, 0.6) is 0 Å². The molecule has 10 nitrogen and oxygen atoms in total. The van der Waals surface area contributed by atoms with Crippen LogP contribution < -0.4 is 15.4 Å². The van der Waals surface area contributed by atoms with Crippen LogP contribution >= 0.6 is 0 Å². The number of amides is 1. The number of anilines is 2. The van der Waals surface area contributed by atoms with Crippen molar-refractivity contribution < 1.29 is 22.7 Å². The summed E-state index contributed by atoms with van der Waals surface area (Å²) in [7, 11) is 0. The zero-order valence-corrected chi connectivity index (χ0v) is 20.7. The number of rotatable bonds is 7. The van der Waals surface area contributed by atoms with Crippen molar-refractivity contribution >= 4 is 17.4 Å². The number of carbonyl (C=O) groups is 1. The van der Waals surface area contributed by atoms with E-state index in [1.165, 1.54) is 4.90 Å². The number of likely N-dealkylation sites (tertiary alicyclic amines) is 1. The molecule has 0 bridgehead atoms. The standard InChI is InChI=1S/C25H28F3N7O3/c26-25(27,28)23-20(10-31-32-24(23)37)35-6-1-2-19(35)15-38-7-5-22(36)34-13-17-11-33(12-18(17)14-34)21-4-3-16(8-29)9-30-21/h3-4,9-10,17-19H,1-2,5-7,11-15H2,(H,32,37)/t17-,18-,19-/m0/s1. The number of nitriles is 1. The molecule has 202 valence electrons. The third kappa shape index (κ3) is 5.31. The van der Waals surface area contributed by atoms with E-state index in [9.17, 15) is 22.8 Å². The van der Waals surface area contributed by atoms with Crippen LogP contribution in [0.2, 0.25) is 0 Å². The van der Waals surface area contributed by atoms with Crippen molar-refractivity contribution in [2.45, 2.75) is 31.5 Å². The number of carbonyl (C=O) groups excluding carboxylic acids is 1. The molecule has 13 heteroatoms. The van der Waals surface area contributed by atoms with Gasteiger partial charge in [-0.25, -0.2) is 10.1 Å². The van der Waals surface area contributed by atoms with E-state index in [-0.39, 0.29) is 37.3 Å². The summed E-state index contributed by atoms with van der Waals surface area (Å²) in [6, 6.07) is 5.34. The molecule has 0 spiro atoms. The molecule has 5 heterocycles. The van der Waals surface area contributed by atoms with Gasteiger partial charge < -0.3 is 19.4 Å². The monoisotopic (exact) mass is 531 g/mol. The number of aromatic nitrogens is 3. The molecule has 0 aromatic carbocycles. The summed E-state index contributed by atoms with van der Waals surface area (Å²) in [6.45, 7) is 3.65. The maximum atomic E-state index is 13.5. The first kappa shape index (κ1) is 26.0. The number of aromatic amines is 1. The second kappa shape index (κ2) is 10.6. The fourth-order valence-corrected chi connectivity index (χ4v) is 5.77. The molecule has 5 rings (SSSR count). The molecule has 0 saturated carbocycles. The molecular weight excluding hydrogens is 503 g/mol. The molecular formula is C25H28F3N7O3. The molecule has 38 heavy (non-hydrogen) atoms. The van der Waals surface area contributed by atoms with E-state index >= 15 is 0 Å². The quantitative estimate of drug-likeness (QED) is 0.540. The Morgan fingerprint density at radius 3 is 2.61 bits per heavy atom. The lowest BCUT2D eigenvalue weighted by Gasteiger charge is -2.28. The summed E-state index contributed by atoms with van der Waals surface area (Å²) in [5.74, 6) is 1.55. The van der Waals surface area contributed by atoms with E-state index in [0.717, 1.165) is 25.1 Å². The zero-order chi connectivity index (χ0) is 26.9. The number of ether oxygens (including phenoxy) is 1. The first-order valence-corrected chi connectivity index (χ1v) is 12.6. The average molecular weight is 532 g/mol. The predicted molar refractivity (Wildman–Crippen MR) is 130 cm³/mol. The lowest BCUT2D eigenvalue weighted by atomic mass is 10.0. The highest BCUT2D eigenvalue weighted by Crippen LogP contribution is 2.36. The van der Waals surface area contributed by atoms with Crippen molar-refractivity contribution in [3.63, 3.8) is 0 Å². The highest BCUT2D eigenvalue weighted by molar-refractivity contribution is 5.76. The average Bonchev–Trinajstić information content (AvgIpc) is 3.61. The number of halogens is 3. The Morgan fingerprint density at radius 2 is 1.95 bits per heavy atom. The summed E-state index contributed by atoms with van der Waals surface area (Å²) in [5.41, 5.74) is -2.23. The summed E-state index contributed by atoms with van der Waals surface area (Å²) >= 11 is 0. The van der Waals surface area contributed by atoms with E-state index in [0.29, 0.717) is 49.9 Å². The fourth-order valence-electron chi connectivity index (χ4n) is 5.77. The van der Waals surface area contributed by atoms with Crippen LogP contribution in [-0.2, 0) is 15.7 Å². The minimum Gasteiger partial charge on any atom is -0.379 e. The summed E-state index contributed by atoms with van der Waals surface area (Å²) in [4.78, 5) is 34.6. The van der Waals surface area contributed by atoms with Gasteiger partial charge in [0, 0.05) is 50.8 Å². The molecule has 1 amide bonds. The van der Waals surface area contributed by atoms with Crippen LogP contribution in [0.15, 0.2) is 29.3 Å². The van der Waals surface area contributed by atoms with Crippen LogP contribution in [-0.4, -0.2) is 78.0 Å². The molecule has 3 aliphatic heterocycles. The molecule has 3 fully saturated rings. The van der Waals surface area contributed by atoms with Gasteiger partial charge in [0.05, 0.1) is 43.1 Å². The fraction of sp³-hybridized carbons (Fsp3) is 0.560. The first-order valence-electron chi connectivity index (χ1n) is 12.6. The molecule has 3 atom stereocenters. The van der Waals surface area contributed by atoms with E-state index in [2.05, 4.69) is 21.1 Å². The smallest absolute Gasteiger partial charge is 0.379 e. The van der Waals surface area contributed by atoms with Gasteiger partial charge in [0.15, 0.2) is 0 Å². The summed E-state index contributed by atoms with van der Waals surface area (Å²) < 4.78 is 46.2.